The molecule has 0 radical (unpaired) electrons. The topological polar surface area (TPSA) is 55.3 Å². The highest BCUT2D eigenvalue weighted by Gasteiger charge is 2.27. The second kappa shape index (κ2) is 5.42. The highest BCUT2D eigenvalue weighted by atomic mass is 35.5. The molecule has 1 aromatic heterocycles. The molecule has 0 spiro atoms. The molecule has 0 N–H and O–H groups in total. The maximum Gasteiger partial charge on any atom is 0.274 e. The summed E-state index contributed by atoms with van der Waals surface area (Å²) in [6, 6.07) is 0.119. The largest absolute Gasteiger partial charge is 0.377 e. The Kier molecular flexibility index (Phi) is 3.91. The monoisotopic (exact) mass is 255 g/mol. The van der Waals surface area contributed by atoms with Gasteiger partial charge in [-0.2, -0.15) is 0 Å². The maximum atomic E-state index is 12.2. The first-order valence-electron chi connectivity index (χ1n) is 5.58. The number of hydrogen-bond acceptors (Lipinski definition) is 4. The smallest absolute Gasteiger partial charge is 0.274 e. The van der Waals surface area contributed by atoms with E-state index in [4.69, 9.17) is 16.3 Å². The summed E-state index contributed by atoms with van der Waals surface area (Å²) < 4.78 is 5.36. The van der Waals surface area contributed by atoms with Gasteiger partial charge in [0, 0.05) is 6.54 Å². The standard InChI is InChI=1S/C11H14ClN3O2/c1-2-8-7-17-4-3-15(8)11(16)9-5-14-10(12)6-13-9/h5-6,8H,2-4,7H2,1H3. The lowest BCUT2D eigenvalue weighted by Crippen LogP contribution is -2.48. The van der Waals surface area contributed by atoms with Crippen molar-refractivity contribution >= 4 is 17.5 Å². The molecular weight excluding hydrogens is 242 g/mol. The Bertz CT molecular complexity index is 396. The van der Waals surface area contributed by atoms with Gasteiger partial charge in [-0.3, -0.25) is 4.79 Å². The van der Waals surface area contributed by atoms with Gasteiger partial charge in [0.05, 0.1) is 31.6 Å². The van der Waals surface area contributed by atoms with Gasteiger partial charge in [0.15, 0.2) is 0 Å². The first kappa shape index (κ1) is 12.3. The van der Waals surface area contributed by atoms with E-state index in [0.717, 1.165) is 6.42 Å². The molecule has 1 saturated heterocycles. The zero-order chi connectivity index (χ0) is 12.3. The number of carbonyl (C=O) groups excluding carboxylic acids is 1. The normalized spacial score (nSPS) is 20.4. The third-order valence-electron chi connectivity index (χ3n) is 2.80. The Hall–Kier alpha value is -1.20. The number of morpholine rings is 1. The van der Waals surface area contributed by atoms with Gasteiger partial charge in [-0.15, -0.1) is 0 Å². The lowest BCUT2D eigenvalue weighted by atomic mass is 10.1. The molecule has 1 atom stereocenters. The van der Waals surface area contributed by atoms with Gasteiger partial charge in [-0.25, -0.2) is 9.97 Å². The van der Waals surface area contributed by atoms with Crippen molar-refractivity contribution in [1.29, 1.82) is 0 Å². The quantitative estimate of drug-likeness (QED) is 0.801. The van der Waals surface area contributed by atoms with Crippen molar-refractivity contribution in [3.8, 4) is 0 Å². The van der Waals surface area contributed by atoms with Crippen LogP contribution in [-0.4, -0.2) is 46.6 Å². The molecule has 5 nitrogen and oxygen atoms in total. The summed E-state index contributed by atoms with van der Waals surface area (Å²) in [4.78, 5) is 21.9. The Morgan fingerprint density at radius 2 is 2.41 bits per heavy atom. The van der Waals surface area contributed by atoms with E-state index in [1.165, 1.54) is 12.4 Å². The Morgan fingerprint density at radius 3 is 3.06 bits per heavy atom. The third-order valence-corrected chi connectivity index (χ3v) is 2.99. The number of aromatic nitrogens is 2. The van der Waals surface area contributed by atoms with Crippen LogP contribution in [0.4, 0.5) is 0 Å². The van der Waals surface area contributed by atoms with Gasteiger partial charge in [0.25, 0.3) is 5.91 Å². The lowest BCUT2D eigenvalue weighted by Gasteiger charge is -2.34. The maximum absolute atomic E-state index is 12.2. The van der Waals surface area contributed by atoms with Crippen LogP contribution < -0.4 is 0 Å². The SMILES string of the molecule is CCC1COCCN1C(=O)c1cnc(Cl)cn1. The van der Waals surface area contributed by atoms with E-state index in [0.29, 0.717) is 25.5 Å². The van der Waals surface area contributed by atoms with E-state index < -0.39 is 0 Å². The van der Waals surface area contributed by atoms with Gasteiger partial charge in [0.1, 0.15) is 10.8 Å². The number of ether oxygens (including phenoxy) is 1. The van der Waals surface area contributed by atoms with E-state index in [9.17, 15) is 4.79 Å². The van der Waals surface area contributed by atoms with E-state index >= 15 is 0 Å². The second-order valence-corrected chi connectivity index (χ2v) is 4.25. The van der Waals surface area contributed by atoms with E-state index in [1.807, 2.05) is 6.92 Å². The average Bonchev–Trinajstić information content (AvgIpc) is 2.39. The third kappa shape index (κ3) is 2.73. The Balaban J connectivity index is 2.15. The summed E-state index contributed by atoms with van der Waals surface area (Å²) in [5.74, 6) is -0.107. The molecule has 0 aromatic carbocycles. The molecule has 0 saturated carbocycles. The van der Waals surface area contributed by atoms with Crippen LogP contribution in [0, 0.1) is 0 Å². The van der Waals surface area contributed by atoms with Crippen LogP contribution in [0.25, 0.3) is 0 Å². The van der Waals surface area contributed by atoms with Crippen molar-refractivity contribution in [2.24, 2.45) is 0 Å². The summed E-state index contributed by atoms with van der Waals surface area (Å²) in [5, 5.41) is 0.288. The van der Waals surface area contributed by atoms with E-state index in [-0.39, 0.29) is 17.1 Å². The number of hydrogen-bond donors (Lipinski definition) is 0. The first-order valence-corrected chi connectivity index (χ1v) is 5.96. The van der Waals surface area contributed by atoms with Crippen molar-refractivity contribution in [3.05, 3.63) is 23.2 Å². The summed E-state index contributed by atoms with van der Waals surface area (Å²) in [6.45, 7) is 3.79. The minimum Gasteiger partial charge on any atom is -0.377 e. The van der Waals surface area contributed by atoms with Gasteiger partial charge >= 0.3 is 0 Å². The number of amides is 1. The van der Waals surface area contributed by atoms with Crippen LogP contribution in [0.2, 0.25) is 5.15 Å². The fraction of sp³-hybridized carbons (Fsp3) is 0.545. The zero-order valence-corrected chi connectivity index (χ0v) is 10.4. The van der Waals surface area contributed by atoms with Crippen LogP contribution in [-0.2, 0) is 4.74 Å². The molecule has 1 aliphatic heterocycles. The Labute approximate surface area is 105 Å². The number of rotatable bonds is 2. The second-order valence-electron chi connectivity index (χ2n) is 3.86. The minimum absolute atomic E-state index is 0.107. The van der Waals surface area contributed by atoms with Crippen molar-refractivity contribution < 1.29 is 9.53 Å². The fourth-order valence-corrected chi connectivity index (χ4v) is 1.93. The van der Waals surface area contributed by atoms with Gasteiger partial charge < -0.3 is 9.64 Å². The van der Waals surface area contributed by atoms with Gasteiger partial charge in [-0.1, -0.05) is 18.5 Å². The molecule has 1 unspecified atom stereocenters. The average molecular weight is 256 g/mol. The number of carbonyl (C=O) groups is 1. The van der Waals surface area contributed by atoms with Crippen molar-refractivity contribution in [3.63, 3.8) is 0 Å². The number of nitrogens with zero attached hydrogens (tertiary/aromatic N) is 3. The molecule has 2 rings (SSSR count). The van der Waals surface area contributed by atoms with Crippen molar-refractivity contribution in [1.82, 2.24) is 14.9 Å². The summed E-state index contributed by atoms with van der Waals surface area (Å²) in [6.07, 6.45) is 3.66. The zero-order valence-electron chi connectivity index (χ0n) is 9.60. The van der Waals surface area contributed by atoms with Crippen LogP contribution in [0.1, 0.15) is 23.8 Å². The lowest BCUT2D eigenvalue weighted by molar-refractivity contribution is -0.00313. The van der Waals surface area contributed by atoms with E-state index in [2.05, 4.69) is 9.97 Å². The molecule has 2 heterocycles. The molecular formula is C11H14ClN3O2. The highest BCUT2D eigenvalue weighted by Crippen LogP contribution is 2.13. The number of halogens is 1. The van der Waals surface area contributed by atoms with Gasteiger partial charge in [-0.05, 0) is 6.42 Å². The molecule has 17 heavy (non-hydrogen) atoms. The molecule has 1 aliphatic rings. The van der Waals surface area contributed by atoms with Crippen LogP contribution in [0.3, 0.4) is 0 Å². The molecule has 6 heteroatoms. The molecule has 1 fully saturated rings. The summed E-state index contributed by atoms with van der Waals surface area (Å²) >= 11 is 5.64. The molecule has 92 valence electrons. The Morgan fingerprint density at radius 1 is 1.59 bits per heavy atom. The predicted octanol–water partition coefficient (Wildman–Crippen LogP) is 1.38. The fourth-order valence-electron chi connectivity index (χ4n) is 1.83. The van der Waals surface area contributed by atoms with Crippen LogP contribution >= 0.6 is 11.6 Å². The minimum atomic E-state index is -0.107. The highest BCUT2D eigenvalue weighted by molar-refractivity contribution is 6.29. The summed E-state index contributed by atoms with van der Waals surface area (Å²) in [5.41, 5.74) is 0.328. The molecule has 0 bridgehead atoms. The van der Waals surface area contributed by atoms with E-state index in [1.54, 1.807) is 4.90 Å². The molecule has 1 amide bonds. The van der Waals surface area contributed by atoms with Crippen LogP contribution in [0.15, 0.2) is 12.4 Å². The van der Waals surface area contributed by atoms with Crippen molar-refractivity contribution in [2.75, 3.05) is 19.8 Å². The summed E-state index contributed by atoms with van der Waals surface area (Å²) in [7, 11) is 0. The predicted molar refractivity (Wildman–Crippen MR) is 63.0 cm³/mol. The van der Waals surface area contributed by atoms with Crippen molar-refractivity contribution in [2.45, 2.75) is 19.4 Å². The molecule has 0 aliphatic carbocycles. The van der Waals surface area contributed by atoms with Gasteiger partial charge in [0.2, 0.25) is 0 Å². The first-order chi connectivity index (χ1) is 8.22. The van der Waals surface area contributed by atoms with Crippen LogP contribution in [0.5, 0.6) is 0 Å². The molecule has 1 aromatic rings.